The van der Waals surface area contributed by atoms with Crippen LogP contribution in [0.1, 0.15) is 34.2 Å². The molecular weight excluding hydrogens is 324 g/mol. The van der Waals surface area contributed by atoms with Gasteiger partial charge < -0.3 is 15.2 Å². The summed E-state index contributed by atoms with van der Waals surface area (Å²) in [5, 5.41) is 15.6. The van der Waals surface area contributed by atoms with Gasteiger partial charge in [-0.3, -0.25) is 4.79 Å². The van der Waals surface area contributed by atoms with Crippen molar-refractivity contribution in [3.63, 3.8) is 0 Å². The third kappa shape index (κ3) is 3.03. The van der Waals surface area contributed by atoms with Crippen LogP contribution in [0.4, 0.5) is 0 Å². The zero-order valence-corrected chi connectivity index (χ0v) is 13.4. The normalized spacial score (nSPS) is 15.4. The fourth-order valence-electron chi connectivity index (χ4n) is 2.28. The Kier molecular flexibility index (Phi) is 4.22. The molecule has 0 radical (unpaired) electrons. The molecule has 2 N–H and O–H groups in total. The minimum Gasteiger partial charge on any atom is -0.503 e. The van der Waals surface area contributed by atoms with Crippen LogP contribution in [0, 0.1) is 5.92 Å². The van der Waals surface area contributed by atoms with E-state index in [4.69, 9.17) is 16.3 Å². The number of thiazole rings is 1. The van der Waals surface area contributed by atoms with Gasteiger partial charge in [0.15, 0.2) is 11.5 Å². The van der Waals surface area contributed by atoms with Crippen molar-refractivity contribution in [1.29, 1.82) is 0 Å². The summed E-state index contributed by atoms with van der Waals surface area (Å²) in [5.41, 5.74) is 0.349. The number of rotatable bonds is 5. The van der Waals surface area contributed by atoms with Crippen LogP contribution in [0.2, 0.25) is 5.02 Å². The maximum absolute atomic E-state index is 12.5. The Bertz CT molecular complexity index is 686. The number of benzene rings is 1. The molecule has 1 heterocycles. The maximum atomic E-state index is 12.5. The van der Waals surface area contributed by atoms with Gasteiger partial charge in [0.25, 0.3) is 5.91 Å². The molecule has 1 atom stereocenters. The lowest BCUT2D eigenvalue weighted by molar-refractivity contribution is 0.0931. The average Bonchev–Trinajstić information content (AvgIpc) is 3.21. The van der Waals surface area contributed by atoms with Crippen LogP contribution in [0.15, 0.2) is 23.7 Å². The summed E-state index contributed by atoms with van der Waals surface area (Å²) in [7, 11) is 1.41. The van der Waals surface area contributed by atoms with E-state index in [1.54, 1.807) is 6.20 Å². The fourth-order valence-corrected chi connectivity index (χ4v) is 3.28. The van der Waals surface area contributed by atoms with Crippen LogP contribution < -0.4 is 10.1 Å². The van der Waals surface area contributed by atoms with Crippen LogP contribution in [0.5, 0.6) is 11.5 Å². The van der Waals surface area contributed by atoms with E-state index in [0.717, 1.165) is 17.8 Å². The molecule has 7 heteroatoms. The number of phenolic OH excluding ortho intramolecular Hbond substituents is 1. The lowest BCUT2D eigenvalue weighted by Gasteiger charge is -2.16. The van der Waals surface area contributed by atoms with E-state index in [0.29, 0.717) is 11.5 Å². The molecule has 1 aromatic carbocycles. The molecule has 22 heavy (non-hydrogen) atoms. The number of amides is 1. The Labute approximate surface area is 136 Å². The molecular formula is C15H15ClN2O3S. The number of ether oxygens (including phenoxy) is 1. The molecule has 5 nitrogen and oxygen atoms in total. The fraction of sp³-hybridized carbons (Fsp3) is 0.333. The Morgan fingerprint density at radius 1 is 1.55 bits per heavy atom. The zero-order chi connectivity index (χ0) is 15.7. The average molecular weight is 339 g/mol. The van der Waals surface area contributed by atoms with Crippen LogP contribution >= 0.6 is 22.9 Å². The number of nitrogens with zero attached hydrogens (tertiary/aromatic N) is 1. The van der Waals surface area contributed by atoms with E-state index in [9.17, 15) is 9.90 Å². The lowest BCUT2D eigenvalue weighted by Crippen LogP contribution is -2.29. The molecule has 1 aromatic heterocycles. The van der Waals surface area contributed by atoms with E-state index in [-0.39, 0.29) is 28.5 Å². The number of aromatic nitrogens is 1. The van der Waals surface area contributed by atoms with Crippen LogP contribution in [-0.4, -0.2) is 23.1 Å². The molecule has 1 fully saturated rings. The van der Waals surface area contributed by atoms with Crippen molar-refractivity contribution in [2.24, 2.45) is 5.92 Å². The van der Waals surface area contributed by atoms with Gasteiger partial charge in [-0.15, -0.1) is 11.3 Å². The highest BCUT2D eigenvalue weighted by atomic mass is 35.5. The van der Waals surface area contributed by atoms with Crippen molar-refractivity contribution in [1.82, 2.24) is 10.3 Å². The quantitative estimate of drug-likeness (QED) is 0.876. The SMILES string of the molecule is COc1cc(C(=O)N[C@H](c2nccs2)C2CC2)cc(Cl)c1O. The van der Waals surface area contributed by atoms with E-state index in [1.165, 1.54) is 30.6 Å². The first-order valence-corrected chi connectivity index (χ1v) is 8.12. The summed E-state index contributed by atoms with van der Waals surface area (Å²) in [6, 6.07) is 2.83. The Morgan fingerprint density at radius 2 is 2.32 bits per heavy atom. The molecule has 1 amide bonds. The standard InChI is InChI=1S/C15H15ClN2O3S/c1-21-11-7-9(6-10(16)13(11)19)14(20)18-12(8-2-3-8)15-17-4-5-22-15/h4-8,12,19H,2-3H2,1H3,(H,18,20)/t12-/m0/s1. The number of methoxy groups -OCH3 is 1. The van der Waals surface area contributed by atoms with E-state index >= 15 is 0 Å². The van der Waals surface area contributed by atoms with Crippen LogP contribution in [-0.2, 0) is 0 Å². The summed E-state index contributed by atoms with van der Waals surface area (Å²) in [6.07, 6.45) is 3.91. The predicted molar refractivity (Wildman–Crippen MR) is 84.7 cm³/mol. The van der Waals surface area contributed by atoms with Gasteiger partial charge in [-0.25, -0.2) is 4.98 Å². The van der Waals surface area contributed by atoms with Gasteiger partial charge in [0, 0.05) is 17.1 Å². The molecule has 0 bridgehead atoms. The first kappa shape index (κ1) is 15.1. The van der Waals surface area contributed by atoms with E-state index in [2.05, 4.69) is 10.3 Å². The third-order valence-electron chi connectivity index (χ3n) is 3.61. The summed E-state index contributed by atoms with van der Waals surface area (Å²) in [6.45, 7) is 0. The minimum absolute atomic E-state index is 0.0777. The highest BCUT2D eigenvalue weighted by molar-refractivity contribution is 7.09. The van der Waals surface area contributed by atoms with Gasteiger partial charge in [0.2, 0.25) is 0 Å². The topological polar surface area (TPSA) is 71.5 Å². The van der Waals surface area contributed by atoms with Crippen molar-refractivity contribution < 1.29 is 14.6 Å². The van der Waals surface area contributed by atoms with Gasteiger partial charge in [-0.2, -0.15) is 0 Å². The highest BCUT2D eigenvalue weighted by Gasteiger charge is 2.35. The molecule has 0 spiro atoms. The largest absolute Gasteiger partial charge is 0.503 e. The molecule has 3 rings (SSSR count). The molecule has 1 aliphatic carbocycles. The smallest absolute Gasteiger partial charge is 0.252 e. The molecule has 2 aromatic rings. The lowest BCUT2D eigenvalue weighted by atomic mass is 10.1. The number of nitrogens with one attached hydrogen (secondary N) is 1. The maximum Gasteiger partial charge on any atom is 0.252 e. The first-order valence-electron chi connectivity index (χ1n) is 6.87. The van der Waals surface area contributed by atoms with Gasteiger partial charge in [-0.1, -0.05) is 11.6 Å². The van der Waals surface area contributed by atoms with Gasteiger partial charge in [0.05, 0.1) is 18.2 Å². The Balaban J connectivity index is 1.83. The van der Waals surface area contributed by atoms with Gasteiger partial charge >= 0.3 is 0 Å². The zero-order valence-electron chi connectivity index (χ0n) is 11.9. The summed E-state index contributed by atoms with van der Waals surface area (Å²) in [4.78, 5) is 16.8. The molecule has 1 saturated carbocycles. The molecule has 0 aliphatic heterocycles. The number of halogens is 1. The van der Waals surface area contributed by atoms with Crippen LogP contribution in [0.25, 0.3) is 0 Å². The highest BCUT2D eigenvalue weighted by Crippen LogP contribution is 2.42. The van der Waals surface area contributed by atoms with E-state index in [1.807, 2.05) is 5.38 Å². The minimum atomic E-state index is -0.257. The Morgan fingerprint density at radius 3 is 2.91 bits per heavy atom. The monoisotopic (exact) mass is 338 g/mol. The Hall–Kier alpha value is -1.79. The predicted octanol–water partition coefficient (Wildman–Crippen LogP) is 3.39. The second-order valence-corrected chi connectivity index (χ2v) is 6.50. The number of carbonyl (C=O) groups excluding carboxylic acids is 1. The van der Waals surface area contributed by atoms with Crippen molar-refractivity contribution >= 4 is 28.8 Å². The summed E-state index contributed by atoms with van der Waals surface area (Å²) < 4.78 is 5.03. The summed E-state index contributed by atoms with van der Waals surface area (Å²) >= 11 is 7.47. The summed E-state index contributed by atoms with van der Waals surface area (Å²) in [5.74, 6) is 0.186. The van der Waals surface area contributed by atoms with Crippen LogP contribution in [0.3, 0.4) is 0 Å². The number of phenols is 1. The molecule has 116 valence electrons. The molecule has 0 unspecified atom stereocenters. The number of aromatic hydroxyl groups is 1. The first-order chi connectivity index (χ1) is 10.6. The van der Waals surface area contributed by atoms with Crippen molar-refractivity contribution in [2.75, 3.05) is 7.11 Å². The van der Waals surface area contributed by atoms with Crippen molar-refractivity contribution in [3.05, 3.63) is 39.3 Å². The third-order valence-corrected chi connectivity index (χ3v) is 4.75. The number of hydrogen-bond donors (Lipinski definition) is 2. The molecule has 0 saturated heterocycles. The van der Waals surface area contributed by atoms with Gasteiger partial charge in [0.1, 0.15) is 5.01 Å². The number of hydrogen-bond acceptors (Lipinski definition) is 5. The van der Waals surface area contributed by atoms with Gasteiger partial charge in [-0.05, 0) is 30.9 Å². The second-order valence-electron chi connectivity index (χ2n) is 5.17. The van der Waals surface area contributed by atoms with E-state index < -0.39 is 0 Å². The van der Waals surface area contributed by atoms with Crippen molar-refractivity contribution in [2.45, 2.75) is 18.9 Å². The number of carbonyl (C=O) groups is 1. The second kappa shape index (κ2) is 6.14. The molecule has 1 aliphatic rings. The van der Waals surface area contributed by atoms with Crippen molar-refractivity contribution in [3.8, 4) is 11.5 Å².